The van der Waals surface area contributed by atoms with Gasteiger partial charge in [-0.15, -0.1) is 0 Å². The van der Waals surface area contributed by atoms with E-state index in [-0.39, 0.29) is 10.6 Å². The Balaban J connectivity index is 2.07. The molecule has 0 bridgehead atoms. The van der Waals surface area contributed by atoms with Crippen LogP contribution in [0.15, 0.2) is 59.5 Å². The summed E-state index contributed by atoms with van der Waals surface area (Å²) in [6, 6.07) is 11.8. The van der Waals surface area contributed by atoms with Gasteiger partial charge in [0.2, 0.25) is 15.9 Å². The lowest BCUT2D eigenvalue weighted by Crippen LogP contribution is -2.30. The molecule has 2 aromatic carbocycles. The minimum atomic E-state index is -3.55. The maximum Gasteiger partial charge on any atom is 0.270 e. The van der Waals surface area contributed by atoms with E-state index in [1.165, 1.54) is 58.9 Å². The number of sulfonamides is 1. The molecule has 0 spiro atoms. The van der Waals surface area contributed by atoms with Crippen LogP contribution in [-0.4, -0.2) is 36.6 Å². The highest BCUT2D eigenvalue weighted by atomic mass is 32.2. The van der Waals surface area contributed by atoms with Gasteiger partial charge in [-0.25, -0.2) is 8.42 Å². The highest BCUT2D eigenvalue weighted by Gasteiger charge is 2.21. The van der Waals surface area contributed by atoms with Crippen LogP contribution in [0.1, 0.15) is 19.4 Å². The van der Waals surface area contributed by atoms with Crippen molar-refractivity contribution in [2.75, 3.05) is 18.4 Å². The van der Waals surface area contributed by atoms with Gasteiger partial charge in [0.05, 0.1) is 9.82 Å². The topological polar surface area (TPSA) is 110 Å². The second-order valence-corrected chi connectivity index (χ2v) is 7.73. The van der Waals surface area contributed by atoms with Crippen molar-refractivity contribution < 1.29 is 18.1 Å². The summed E-state index contributed by atoms with van der Waals surface area (Å²) in [6.45, 7) is 4.28. The van der Waals surface area contributed by atoms with E-state index in [9.17, 15) is 23.3 Å². The van der Waals surface area contributed by atoms with Gasteiger partial charge in [0.1, 0.15) is 0 Å². The minimum Gasteiger partial charge on any atom is -0.323 e. The Morgan fingerprint density at radius 2 is 1.79 bits per heavy atom. The number of non-ortho nitro benzene ring substituents is 1. The van der Waals surface area contributed by atoms with Gasteiger partial charge in [-0.05, 0) is 35.9 Å². The monoisotopic (exact) mass is 403 g/mol. The Bertz CT molecular complexity index is 981. The molecule has 0 aliphatic carbocycles. The fraction of sp³-hybridized carbons (Fsp3) is 0.211. The van der Waals surface area contributed by atoms with Gasteiger partial charge in [0.25, 0.3) is 5.69 Å². The Morgan fingerprint density at radius 3 is 2.36 bits per heavy atom. The summed E-state index contributed by atoms with van der Waals surface area (Å²) in [7, 11) is -3.55. The molecule has 0 aliphatic rings. The molecule has 0 saturated carbocycles. The Kier molecular flexibility index (Phi) is 7.02. The molecule has 8 nitrogen and oxygen atoms in total. The number of hydrogen-bond donors (Lipinski definition) is 1. The lowest BCUT2D eigenvalue weighted by atomic mass is 10.2. The first-order valence-corrected chi connectivity index (χ1v) is 10.1. The molecule has 0 fully saturated rings. The Hall–Kier alpha value is -3.04. The standard InChI is InChI=1S/C19H21N3O5S/c1-3-21(4-2)28(26,27)18-11-9-16(10-12-18)20-19(23)13-8-15-6-5-7-17(14-15)22(24)25/h5-14H,3-4H2,1-2H3,(H,20,23)/b13-8+. The normalized spacial score (nSPS) is 11.7. The molecule has 0 saturated heterocycles. The van der Waals surface area contributed by atoms with Crippen molar-refractivity contribution in [3.8, 4) is 0 Å². The van der Waals surface area contributed by atoms with Gasteiger partial charge in [0.15, 0.2) is 0 Å². The number of hydrogen-bond acceptors (Lipinski definition) is 5. The predicted molar refractivity (Wildman–Crippen MR) is 107 cm³/mol. The summed E-state index contributed by atoms with van der Waals surface area (Å²) in [6.07, 6.45) is 2.71. The number of nitrogens with zero attached hydrogens (tertiary/aromatic N) is 2. The smallest absolute Gasteiger partial charge is 0.270 e. The average Bonchev–Trinajstić information content (AvgIpc) is 2.68. The highest BCUT2D eigenvalue weighted by molar-refractivity contribution is 7.89. The van der Waals surface area contributed by atoms with E-state index < -0.39 is 20.9 Å². The van der Waals surface area contributed by atoms with Crippen molar-refractivity contribution >= 4 is 33.4 Å². The zero-order chi connectivity index (χ0) is 20.7. The van der Waals surface area contributed by atoms with Gasteiger partial charge in [0, 0.05) is 37.0 Å². The number of carbonyl (C=O) groups excluding carboxylic acids is 1. The van der Waals surface area contributed by atoms with E-state index in [2.05, 4.69) is 5.32 Å². The summed E-state index contributed by atoms with van der Waals surface area (Å²) in [5.74, 6) is -0.439. The quantitative estimate of drug-likeness (QED) is 0.413. The van der Waals surface area contributed by atoms with Gasteiger partial charge in [-0.3, -0.25) is 14.9 Å². The van der Waals surface area contributed by atoms with Crippen molar-refractivity contribution in [3.63, 3.8) is 0 Å². The van der Waals surface area contributed by atoms with Crippen molar-refractivity contribution in [2.24, 2.45) is 0 Å². The predicted octanol–water partition coefficient (Wildman–Crippen LogP) is 3.28. The van der Waals surface area contributed by atoms with Crippen LogP contribution in [0.5, 0.6) is 0 Å². The summed E-state index contributed by atoms with van der Waals surface area (Å²) in [4.78, 5) is 22.4. The molecule has 9 heteroatoms. The number of nitro groups is 1. The summed E-state index contributed by atoms with van der Waals surface area (Å²) in [5.41, 5.74) is 0.893. The van der Waals surface area contributed by atoms with Gasteiger partial charge >= 0.3 is 0 Å². The SMILES string of the molecule is CCN(CC)S(=O)(=O)c1ccc(NC(=O)/C=C/c2cccc([N+](=O)[O-])c2)cc1. The molecule has 28 heavy (non-hydrogen) atoms. The molecule has 2 aromatic rings. The first-order chi connectivity index (χ1) is 13.3. The van der Waals surface area contributed by atoms with Gasteiger partial charge in [-0.1, -0.05) is 26.0 Å². The van der Waals surface area contributed by atoms with Crippen molar-refractivity contribution in [3.05, 3.63) is 70.3 Å². The molecule has 2 rings (SSSR count). The van der Waals surface area contributed by atoms with Crippen molar-refractivity contribution in [1.29, 1.82) is 0 Å². The maximum atomic E-state index is 12.4. The number of anilines is 1. The summed E-state index contributed by atoms with van der Waals surface area (Å²) >= 11 is 0. The van der Waals surface area contributed by atoms with Crippen LogP contribution in [0.3, 0.4) is 0 Å². The third kappa shape index (κ3) is 5.24. The third-order valence-corrected chi connectivity index (χ3v) is 6.04. The summed E-state index contributed by atoms with van der Waals surface area (Å²) < 4.78 is 26.2. The number of rotatable bonds is 8. The molecule has 0 unspecified atom stereocenters. The molecule has 0 aromatic heterocycles. The first-order valence-electron chi connectivity index (χ1n) is 8.61. The fourth-order valence-corrected chi connectivity index (χ4v) is 3.98. The second kappa shape index (κ2) is 9.25. The number of benzene rings is 2. The second-order valence-electron chi connectivity index (χ2n) is 5.79. The molecule has 148 valence electrons. The van der Waals surface area contributed by atoms with Crippen LogP contribution in [0.2, 0.25) is 0 Å². The first kappa shape index (κ1) is 21.3. The Labute approximate surface area is 163 Å². The van der Waals surface area contributed by atoms with Crippen molar-refractivity contribution in [1.82, 2.24) is 4.31 Å². The minimum absolute atomic E-state index is 0.0624. The molecule has 1 N–H and O–H groups in total. The zero-order valence-corrected chi connectivity index (χ0v) is 16.3. The van der Waals surface area contributed by atoms with Crippen LogP contribution in [0.25, 0.3) is 6.08 Å². The van der Waals surface area contributed by atoms with Gasteiger partial charge < -0.3 is 5.32 Å². The van der Waals surface area contributed by atoms with E-state index in [0.29, 0.717) is 24.3 Å². The van der Waals surface area contributed by atoms with E-state index in [1.54, 1.807) is 19.9 Å². The third-order valence-electron chi connectivity index (χ3n) is 3.97. The average molecular weight is 403 g/mol. The van der Waals surface area contributed by atoms with Crippen LogP contribution in [0, 0.1) is 10.1 Å². The fourth-order valence-electron chi connectivity index (χ4n) is 2.52. The van der Waals surface area contributed by atoms with Crippen LogP contribution in [0.4, 0.5) is 11.4 Å². The van der Waals surface area contributed by atoms with E-state index in [4.69, 9.17) is 0 Å². The lowest BCUT2D eigenvalue weighted by Gasteiger charge is -2.18. The largest absolute Gasteiger partial charge is 0.323 e. The number of carbonyl (C=O) groups is 1. The maximum absolute atomic E-state index is 12.4. The zero-order valence-electron chi connectivity index (χ0n) is 15.5. The van der Waals surface area contributed by atoms with Crippen LogP contribution < -0.4 is 5.32 Å². The van der Waals surface area contributed by atoms with Gasteiger partial charge in [-0.2, -0.15) is 4.31 Å². The molecule has 0 aliphatic heterocycles. The van der Waals surface area contributed by atoms with Crippen molar-refractivity contribution in [2.45, 2.75) is 18.7 Å². The number of nitro benzene ring substituents is 1. The molecular formula is C19H21N3O5S. The lowest BCUT2D eigenvalue weighted by molar-refractivity contribution is -0.384. The van der Waals surface area contributed by atoms with E-state index >= 15 is 0 Å². The van der Waals surface area contributed by atoms with E-state index in [1.807, 2.05) is 0 Å². The van der Waals surface area contributed by atoms with Crippen LogP contribution >= 0.6 is 0 Å². The number of nitrogens with one attached hydrogen (secondary N) is 1. The van der Waals surface area contributed by atoms with E-state index in [0.717, 1.165) is 0 Å². The molecule has 0 radical (unpaired) electrons. The Morgan fingerprint density at radius 1 is 1.14 bits per heavy atom. The molecule has 1 amide bonds. The highest BCUT2D eigenvalue weighted by Crippen LogP contribution is 2.18. The molecule has 0 atom stereocenters. The molecular weight excluding hydrogens is 382 g/mol. The summed E-state index contributed by atoms with van der Waals surface area (Å²) in [5, 5.41) is 13.4. The molecule has 0 heterocycles. The number of amides is 1. The van der Waals surface area contributed by atoms with Crippen LogP contribution in [-0.2, 0) is 14.8 Å².